The van der Waals surface area contributed by atoms with Gasteiger partial charge in [0.25, 0.3) is 0 Å². The summed E-state index contributed by atoms with van der Waals surface area (Å²) in [6.07, 6.45) is 8.36. The predicted octanol–water partition coefficient (Wildman–Crippen LogP) is 6.70. The van der Waals surface area contributed by atoms with Gasteiger partial charge in [0.2, 0.25) is 0 Å². The average Bonchev–Trinajstić information content (AvgIpc) is 3.11. The number of hydrogen-bond acceptors (Lipinski definition) is 6. The summed E-state index contributed by atoms with van der Waals surface area (Å²) in [5.74, 6) is 1.65. The number of nitrogens with zero attached hydrogens (tertiary/aromatic N) is 4. The second kappa shape index (κ2) is 9.60. The summed E-state index contributed by atoms with van der Waals surface area (Å²) in [4.78, 5) is 18.4. The van der Waals surface area contributed by atoms with Crippen molar-refractivity contribution < 1.29 is 4.74 Å². The van der Waals surface area contributed by atoms with Gasteiger partial charge < -0.3 is 9.64 Å². The number of pyridine rings is 1. The Morgan fingerprint density at radius 2 is 1.81 bits per heavy atom. The van der Waals surface area contributed by atoms with Gasteiger partial charge in [0.15, 0.2) is 0 Å². The second-order valence-electron chi connectivity index (χ2n) is 10.2. The Bertz CT molecular complexity index is 1080. The molecular formula is C26H38N4OS. The Kier molecular flexibility index (Phi) is 7.01. The average molecular weight is 455 g/mol. The van der Waals surface area contributed by atoms with E-state index in [-0.39, 0.29) is 5.60 Å². The quantitative estimate of drug-likeness (QED) is 0.360. The molecule has 1 aliphatic rings. The first-order valence-corrected chi connectivity index (χ1v) is 13.1. The highest BCUT2D eigenvalue weighted by Crippen LogP contribution is 2.43. The molecule has 3 aromatic heterocycles. The Morgan fingerprint density at radius 1 is 1.09 bits per heavy atom. The topological polar surface area (TPSA) is 51.1 Å². The lowest BCUT2D eigenvalue weighted by molar-refractivity contribution is -0.0402. The lowest BCUT2D eigenvalue weighted by Gasteiger charge is -2.33. The highest BCUT2D eigenvalue weighted by atomic mass is 32.1. The number of fused-ring (bicyclic) bond motifs is 5. The molecule has 0 saturated carbocycles. The van der Waals surface area contributed by atoms with E-state index < -0.39 is 0 Å². The van der Waals surface area contributed by atoms with E-state index in [4.69, 9.17) is 19.7 Å². The van der Waals surface area contributed by atoms with Gasteiger partial charge in [-0.15, -0.1) is 11.3 Å². The van der Waals surface area contributed by atoms with Gasteiger partial charge in [-0.25, -0.2) is 15.0 Å². The van der Waals surface area contributed by atoms with Crippen molar-refractivity contribution in [2.75, 3.05) is 18.0 Å². The van der Waals surface area contributed by atoms with Crippen LogP contribution in [0.5, 0.6) is 0 Å². The fourth-order valence-electron chi connectivity index (χ4n) is 4.66. The molecule has 0 aliphatic carbocycles. The van der Waals surface area contributed by atoms with Gasteiger partial charge in [-0.2, -0.15) is 0 Å². The van der Waals surface area contributed by atoms with Gasteiger partial charge in [-0.3, -0.25) is 0 Å². The maximum Gasteiger partial charge on any atom is 0.150 e. The molecule has 0 radical (unpaired) electrons. The summed E-state index contributed by atoms with van der Waals surface area (Å²) in [6.45, 7) is 16.1. The third kappa shape index (κ3) is 4.62. The smallest absolute Gasteiger partial charge is 0.150 e. The van der Waals surface area contributed by atoms with Gasteiger partial charge in [0.05, 0.1) is 22.4 Å². The van der Waals surface area contributed by atoms with Crippen LogP contribution < -0.4 is 4.90 Å². The van der Waals surface area contributed by atoms with Gasteiger partial charge >= 0.3 is 0 Å². The number of aromatic nitrogens is 3. The van der Waals surface area contributed by atoms with Crippen LogP contribution in [0.25, 0.3) is 20.4 Å². The van der Waals surface area contributed by atoms with E-state index in [9.17, 15) is 0 Å². The highest BCUT2D eigenvalue weighted by Gasteiger charge is 2.32. The third-order valence-electron chi connectivity index (χ3n) is 6.36. The summed E-state index contributed by atoms with van der Waals surface area (Å²) < 4.78 is 7.41. The van der Waals surface area contributed by atoms with Crippen molar-refractivity contribution in [3.8, 4) is 0 Å². The standard InChI is InChI=1S/C26H38N4OS/c1-7-9-11-30(12-10-8-2)24-23-22(27-16-28-24)21-18-14-26(5,6)31-15-19(18)20(13-17(3)4)29-25(21)32-23/h16-17H,7-15H2,1-6H3. The predicted molar refractivity (Wildman–Crippen MR) is 136 cm³/mol. The maximum absolute atomic E-state index is 6.22. The van der Waals surface area contributed by atoms with Crippen LogP contribution in [0.2, 0.25) is 0 Å². The molecule has 0 unspecified atom stereocenters. The minimum atomic E-state index is -0.172. The zero-order valence-electron chi connectivity index (χ0n) is 20.6. The normalized spacial score (nSPS) is 15.6. The molecule has 0 atom stereocenters. The molecule has 0 fully saturated rings. The summed E-state index contributed by atoms with van der Waals surface area (Å²) in [5.41, 5.74) is 4.79. The Morgan fingerprint density at radius 3 is 2.47 bits per heavy atom. The number of anilines is 1. The van der Waals surface area contributed by atoms with Crippen LogP contribution in [0.1, 0.15) is 84.0 Å². The molecule has 1 aliphatic heterocycles. The van der Waals surface area contributed by atoms with Crippen LogP contribution in [0, 0.1) is 5.92 Å². The van der Waals surface area contributed by atoms with Crippen LogP contribution in [-0.2, 0) is 24.2 Å². The van der Waals surface area contributed by atoms with E-state index in [0.717, 1.165) is 42.1 Å². The van der Waals surface area contributed by atoms with E-state index in [1.807, 2.05) is 0 Å². The number of thiophene rings is 1. The molecule has 5 nitrogen and oxygen atoms in total. The van der Waals surface area contributed by atoms with Crippen LogP contribution in [0.3, 0.4) is 0 Å². The SMILES string of the molecule is CCCCN(CCCC)c1ncnc2c1sc1nc(CC(C)C)c3c(c12)CC(C)(C)OC3. The van der Waals surface area contributed by atoms with Crippen LogP contribution in [0.15, 0.2) is 6.33 Å². The van der Waals surface area contributed by atoms with Crippen LogP contribution in [0.4, 0.5) is 5.82 Å². The van der Waals surface area contributed by atoms with Gasteiger partial charge in [0.1, 0.15) is 17.0 Å². The van der Waals surface area contributed by atoms with Gasteiger partial charge in [-0.05, 0) is 44.6 Å². The Labute approximate surface area is 196 Å². The molecule has 174 valence electrons. The molecule has 3 aromatic rings. The lowest BCUT2D eigenvalue weighted by atomic mass is 9.88. The van der Waals surface area contributed by atoms with Crippen molar-refractivity contribution in [3.63, 3.8) is 0 Å². The molecular weight excluding hydrogens is 416 g/mol. The van der Waals surface area contributed by atoms with E-state index in [1.54, 1.807) is 17.7 Å². The van der Waals surface area contributed by atoms with Crippen molar-refractivity contribution >= 4 is 37.6 Å². The van der Waals surface area contributed by atoms with Gasteiger partial charge in [-0.1, -0.05) is 40.5 Å². The first kappa shape index (κ1) is 23.4. The number of unbranched alkanes of at least 4 members (excludes halogenated alkanes) is 2. The minimum absolute atomic E-state index is 0.172. The molecule has 4 heterocycles. The molecule has 0 N–H and O–H groups in total. The van der Waals surface area contributed by atoms with E-state index in [1.165, 1.54) is 52.6 Å². The Hall–Kier alpha value is -1.79. The zero-order valence-corrected chi connectivity index (χ0v) is 21.4. The van der Waals surface area contributed by atoms with Crippen molar-refractivity contribution in [2.45, 2.75) is 92.3 Å². The largest absolute Gasteiger partial charge is 0.370 e. The van der Waals surface area contributed by atoms with E-state index in [0.29, 0.717) is 12.5 Å². The number of rotatable bonds is 9. The molecule has 32 heavy (non-hydrogen) atoms. The molecule has 4 rings (SSSR count). The highest BCUT2D eigenvalue weighted by molar-refractivity contribution is 7.26. The third-order valence-corrected chi connectivity index (χ3v) is 7.43. The van der Waals surface area contributed by atoms with E-state index >= 15 is 0 Å². The molecule has 0 saturated heterocycles. The maximum atomic E-state index is 6.22. The number of ether oxygens (including phenoxy) is 1. The van der Waals surface area contributed by atoms with Crippen molar-refractivity contribution in [3.05, 3.63) is 23.1 Å². The van der Waals surface area contributed by atoms with Crippen LogP contribution >= 0.6 is 11.3 Å². The molecule has 0 spiro atoms. The molecule has 0 bridgehead atoms. The van der Waals surface area contributed by atoms with Gasteiger partial charge in [0, 0.05) is 36.2 Å². The first-order valence-electron chi connectivity index (χ1n) is 12.3. The molecule has 0 aromatic carbocycles. The fraction of sp³-hybridized carbons (Fsp3) is 0.654. The number of hydrogen-bond donors (Lipinski definition) is 0. The first-order chi connectivity index (χ1) is 15.3. The summed E-state index contributed by atoms with van der Waals surface area (Å²) in [6, 6.07) is 0. The summed E-state index contributed by atoms with van der Waals surface area (Å²) in [5, 5.41) is 1.23. The van der Waals surface area contributed by atoms with Crippen molar-refractivity contribution in [2.24, 2.45) is 5.92 Å². The molecule has 0 amide bonds. The summed E-state index contributed by atoms with van der Waals surface area (Å²) >= 11 is 1.78. The van der Waals surface area contributed by atoms with E-state index in [2.05, 4.69) is 46.4 Å². The van der Waals surface area contributed by atoms with Crippen molar-refractivity contribution in [1.82, 2.24) is 15.0 Å². The zero-order chi connectivity index (χ0) is 22.9. The monoisotopic (exact) mass is 454 g/mol. The fourth-order valence-corrected chi connectivity index (χ4v) is 5.86. The molecule has 6 heteroatoms. The second-order valence-corrected chi connectivity index (χ2v) is 11.2. The minimum Gasteiger partial charge on any atom is -0.370 e. The van der Waals surface area contributed by atoms with Crippen LogP contribution in [-0.4, -0.2) is 33.6 Å². The summed E-state index contributed by atoms with van der Waals surface area (Å²) in [7, 11) is 0. The Balaban J connectivity index is 1.92. The van der Waals surface area contributed by atoms with Crippen molar-refractivity contribution in [1.29, 1.82) is 0 Å². The lowest BCUT2D eigenvalue weighted by Crippen LogP contribution is -2.33.